The molecule has 1 aromatic carbocycles. The monoisotopic (exact) mass is 274 g/mol. The van der Waals surface area contributed by atoms with Gasteiger partial charge >= 0.3 is 0 Å². The predicted molar refractivity (Wildman–Crippen MR) is 60.1 cm³/mol. The van der Waals surface area contributed by atoms with Gasteiger partial charge in [-0.25, -0.2) is 8.78 Å². The smallest absolute Gasteiger partial charge is 0.129 e. The van der Waals surface area contributed by atoms with Crippen LogP contribution in [-0.2, 0) is 6.42 Å². The van der Waals surface area contributed by atoms with Crippen molar-refractivity contribution in [2.75, 3.05) is 0 Å². The van der Waals surface area contributed by atoms with E-state index in [-0.39, 0.29) is 5.56 Å². The molecule has 82 valence electrons. The van der Waals surface area contributed by atoms with Gasteiger partial charge in [0.25, 0.3) is 0 Å². The van der Waals surface area contributed by atoms with Crippen LogP contribution in [0.3, 0.4) is 0 Å². The van der Waals surface area contributed by atoms with Crippen LogP contribution in [0.5, 0.6) is 0 Å². The number of benzene rings is 1. The molecule has 1 fully saturated rings. The fourth-order valence-electron chi connectivity index (χ4n) is 1.75. The summed E-state index contributed by atoms with van der Waals surface area (Å²) < 4.78 is 26.5. The minimum atomic E-state index is -0.425. The summed E-state index contributed by atoms with van der Waals surface area (Å²) in [4.78, 5) is 0.413. The molecule has 1 aliphatic rings. The minimum Gasteiger partial charge on any atom is -0.207 e. The van der Waals surface area contributed by atoms with Crippen molar-refractivity contribution in [3.8, 4) is 0 Å². The van der Waals surface area contributed by atoms with E-state index in [1.54, 1.807) is 0 Å². The highest BCUT2D eigenvalue weighted by molar-refractivity contribution is 9.09. The van der Waals surface area contributed by atoms with E-state index in [2.05, 4.69) is 15.9 Å². The fraction of sp³-hybridized carbons (Fsp3) is 0.500. The molecule has 0 aromatic heterocycles. The fourth-order valence-corrected chi connectivity index (χ4v) is 2.50. The summed E-state index contributed by atoms with van der Waals surface area (Å²) in [5, 5.41) is 0. The molecule has 0 N–H and O–H groups in total. The Hall–Kier alpha value is -0.440. The highest BCUT2D eigenvalue weighted by atomic mass is 79.9. The van der Waals surface area contributed by atoms with Crippen molar-refractivity contribution in [2.45, 2.75) is 30.5 Å². The van der Waals surface area contributed by atoms with Crippen LogP contribution in [0.4, 0.5) is 8.78 Å². The summed E-state index contributed by atoms with van der Waals surface area (Å²) >= 11 is 3.57. The van der Waals surface area contributed by atoms with Crippen LogP contribution < -0.4 is 0 Å². The standard InChI is InChI=1S/C12H13BrF2/c13-10(8-4-5-8)7-6-9-11(14)2-1-3-12(9)15/h1-3,8,10H,4-7H2. The number of hydrogen-bond donors (Lipinski definition) is 0. The topological polar surface area (TPSA) is 0 Å². The highest BCUT2D eigenvalue weighted by Crippen LogP contribution is 2.38. The van der Waals surface area contributed by atoms with Crippen molar-refractivity contribution >= 4 is 15.9 Å². The van der Waals surface area contributed by atoms with E-state index < -0.39 is 11.6 Å². The number of halogens is 3. The van der Waals surface area contributed by atoms with Crippen LogP contribution in [0.15, 0.2) is 18.2 Å². The van der Waals surface area contributed by atoms with Crippen molar-refractivity contribution in [3.05, 3.63) is 35.4 Å². The average Bonchev–Trinajstić information content (AvgIpc) is 2.99. The lowest BCUT2D eigenvalue weighted by Crippen LogP contribution is -2.05. The van der Waals surface area contributed by atoms with E-state index in [1.165, 1.54) is 31.0 Å². The van der Waals surface area contributed by atoms with Crippen LogP contribution in [0.1, 0.15) is 24.8 Å². The van der Waals surface area contributed by atoms with Crippen molar-refractivity contribution in [2.24, 2.45) is 5.92 Å². The van der Waals surface area contributed by atoms with Gasteiger partial charge in [0.1, 0.15) is 11.6 Å². The van der Waals surface area contributed by atoms with Crippen LogP contribution in [0.25, 0.3) is 0 Å². The molecule has 1 unspecified atom stereocenters. The van der Waals surface area contributed by atoms with Crippen LogP contribution in [0.2, 0.25) is 0 Å². The Morgan fingerprint density at radius 2 is 1.87 bits per heavy atom. The first-order valence-corrected chi connectivity index (χ1v) is 6.17. The van der Waals surface area contributed by atoms with Crippen LogP contribution in [-0.4, -0.2) is 4.83 Å². The van der Waals surface area contributed by atoms with Crippen molar-refractivity contribution in [1.29, 1.82) is 0 Å². The maximum absolute atomic E-state index is 13.3. The Morgan fingerprint density at radius 1 is 1.27 bits per heavy atom. The molecule has 1 aromatic rings. The summed E-state index contributed by atoms with van der Waals surface area (Å²) in [5.41, 5.74) is 0.225. The zero-order valence-electron chi connectivity index (χ0n) is 8.35. The van der Waals surface area contributed by atoms with Crippen molar-refractivity contribution in [1.82, 2.24) is 0 Å². The van der Waals surface area contributed by atoms with E-state index in [0.717, 1.165) is 12.3 Å². The average molecular weight is 275 g/mol. The molecule has 3 heteroatoms. The third kappa shape index (κ3) is 2.77. The molecule has 0 radical (unpaired) electrons. The maximum atomic E-state index is 13.3. The molecule has 1 saturated carbocycles. The second kappa shape index (κ2) is 4.60. The number of rotatable bonds is 4. The minimum absolute atomic E-state index is 0.225. The van der Waals surface area contributed by atoms with Gasteiger partial charge in [-0.1, -0.05) is 22.0 Å². The largest absolute Gasteiger partial charge is 0.207 e. The molecule has 1 atom stereocenters. The third-order valence-electron chi connectivity index (χ3n) is 2.87. The van der Waals surface area contributed by atoms with Gasteiger partial charge in [-0.2, -0.15) is 0 Å². The highest BCUT2D eigenvalue weighted by Gasteiger charge is 2.29. The second-order valence-electron chi connectivity index (χ2n) is 4.09. The molecule has 0 nitrogen and oxygen atoms in total. The molecule has 0 heterocycles. The summed E-state index contributed by atoms with van der Waals surface area (Å²) in [6.07, 6.45) is 3.78. The van der Waals surface area contributed by atoms with Crippen molar-refractivity contribution in [3.63, 3.8) is 0 Å². The molecule has 1 aliphatic carbocycles. The first-order chi connectivity index (χ1) is 7.18. The molecule has 2 rings (SSSR count). The molecule has 0 bridgehead atoms. The lowest BCUT2D eigenvalue weighted by molar-refractivity contribution is 0.545. The Balaban J connectivity index is 1.97. The normalized spacial score (nSPS) is 17.8. The van der Waals surface area contributed by atoms with Gasteiger partial charge < -0.3 is 0 Å². The lowest BCUT2D eigenvalue weighted by Gasteiger charge is -2.09. The Labute approximate surface area is 96.8 Å². The maximum Gasteiger partial charge on any atom is 0.129 e. The molecule has 15 heavy (non-hydrogen) atoms. The molecule has 0 saturated heterocycles. The first kappa shape index (κ1) is 11.1. The number of hydrogen-bond acceptors (Lipinski definition) is 0. The molecule has 0 amide bonds. The Morgan fingerprint density at radius 3 is 2.40 bits per heavy atom. The Bertz CT molecular complexity index is 327. The molecular formula is C12H13BrF2. The van der Waals surface area contributed by atoms with Crippen LogP contribution in [0, 0.1) is 17.6 Å². The van der Waals surface area contributed by atoms with E-state index in [9.17, 15) is 8.78 Å². The summed E-state index contributed by atoms with van der Waals surface area (Å²) in [6.45, 7) is 0. The van der Waals surface area contributed by atoms with E-state index in [0.29, 0.717) is 11.2 Å². The van der Waals surface area contributed by atoms with Gasteiger partial charge in [-0.15, -0.1) is 0 Å². The summed E-state index contributed by atoms with van der Waals surface area (Å²) in [6, 6.07) is 4.04. The second-order valence-corrected chi connectivity index (χ2v) is 5.27. The molecular weight excluding hydrogens is 262 g/mol. The van der Waals surface area contributed by atoms with Gasteiger partial charge in [0.05, 0.1) is 0 Å². The van der Waals surface area contributed by atoms with Gasteiger partial charge in [0.15, 0.2) is 0 Å². The van der Waals surface area contributed by atoms with E-state index in [4.69, 9.17) is 0 Å². The zero-order valence-corrected chi connectivity index (χ0v) is 9.94. The van der Waals surface area contributed by atoms with Gasteiger partial charge in [-0.3, -0.25) is 0 Å². The quantitative estimate of drug-likeness (QED) is 0.726. The molecule has 0 spiro atoms. The van der Waals surface area contributed by atoms with Gasteiger partial charge in [0.2, 0.25) is 0 Å². The molecule has 0 aliphatic heterocycles. The van der Waals surface area contributed by atoms with Gasteiger partial charge in [-0.05, 0) is 43.7 Å². The zero-order chi connectivity index (χ0) is 10.8. The first-order valence-electron chi connectivity index (χ1n) is 5.25. The van der Waals surface area contributed by atoms with E-state index in [1.807, 2.05) is 0 Å². The lowest BCUT2D eigenvalue weighted by atomic mass is 10.1. The Kier molecular flexibility index (Phi) is 3.39. The summed E-state index contributed by atoms with van der Waals surface area (Å²) in [5.74, 6) is -0.129. The van der Waals surface area contributed by atoms with Crippen molar-refractivity contribution < 1.29 is 8.78 Å². The number of alkyl halides is 1. The van der Waals surface area contributed by atoms with Crippen LogP contribution >= 0.6 is 15.9 Å². The SMILES string of the molecule is Fc1cccc(F)c1CCC(Br)C1CC1. The third-order valence-corrected chi connectivity index (χ3v) is 4.07. The predicted octanol–water partition coefficient (Wildman–Crippen LogP) is 4.07. The van der Waals surface area contributed by atoms with E-state index >= 15 is 0 Å². The van der Waals surface area contributed by atoms with Gasteiger partial charge in [0, 0.05) is 10.4 Å². The summed E-state index contributed by atoms with van der Waals surface area (Å²) in [7, 11) is 0.